The minimum Gasteiger partial charge on any atom is -0.281 e. The predicted molar refractivity (Wildman–Crippen MR) is 57.6 cm³/mol. The number of rotatable bonds is 2. The van der Waals surface area contributed by atoms with E-state index in [1.807, 2.05) is 0 Å². The first kappa shape index (κ1) is 10.8. The van der Waals surface area contributed by atoms with E-state index in [-0.39, 0.29) is 0 Å². The van der Waals surface area contributed by atoms with Gasteiger partial charge in [-0.2, -0.15) is 0 Å². The molecule has 72 valence electrons. The standard InChI is InChI=1S/C7H7BrClNO2S/c1-13(11,12)10-7-5(8)3-2-4-6(7)9/h2-4,10H,1H3. The van der Waals surface area contributed by atoms with Crippen LogP contribution in [-0.2, 0) is 10.0 Å². The first-order valence-corrected chi connectivity index (χ1v) is 6.38. The van der Waals surface area contributed by atoms with Gasteiger partial charge in [0, 0.05) is 4.47 Å². The van der Waals surface area contributed by atoms with Crippen LogP contribution in [0.4, 0.5) is 5.69 Å². The number of halogens is 2. The Bertz CT molecular complexity index is 398. The van der Waals surface area contributed by atoms with E-state index >= 15 is 0 Å². The van der Waals surface area contributed by atoms with Gasteiger partial charge in [-0.1, -0.05) is 17.7 Å². The van der Waals surface area contributed by atoms with Crippen molar-refractivity contribution in [2.75, 3.05) is 11.0 Å². The second kappa shape index (κ2) is 3.86. The highest BCUT2D eigenvalue weighted by Crippen LogP contribution is 2.30. The molecule has 0 fully saturated rings. The van der Waals surface area contributed by atoms with Gasteiger partial charge < -0.3 is 0 Å². The highest BCUT2D eigenvalue weighted by atomic mass is 79.9. The van der Waals surface area contributed by atoms with Gasteiger partial charge in [0.15, 0.2) is 0 Å². The Hall–Kier alpha value is -0.260. The van der Waals surface area contributed by atoms with Gasteiger partial charge >= 0.3 is 0 Å². The predicted octanol–water partition coefficient (Wildman–Crippen LogP) is 2.47. The van der Waals surface area contributed by atoms with Crippen LogP contribution in [0.5, 0.6) is 0 Å². The lowest BCUT2D eigenvalue weighted by molar-refractivity contribution is 0.607. The highest BCUT2D eigenvalue weighted by Gasteiger charge is 2.08. The van der Waals surface area contributed by atoms with Crippen molar-refractivity contribution in [3.05, 3.63) is 27.7 Å². The highest BCUT2D eigenvalue weighted by molar-refractivity contribution is 9.10. The van der Waals surface area contributed by atoms with Gasteiger partial charge in [0.05, 0.1) is 17.0 Å². The maximum atomic E-state index is 10.9. The lowest BCUT2D eigenvalue weighted by atomic mass is 10.3. The second-order valence-corrected chi connectivity index (χ2v) is 5.48. The van der Waals surface area contributed by atoms with Crippen LogP contribution in [0, 0.1) is 0 Å². The number of hydrogen-bond acceptors (Lipinski definition) is 2. The molecule has 1 aromatic carbocycles. The van der Waals surface area contributed by atoms with Gasteiger partial charge in [0.25, 0.3) is 0 Å². The molecular weight excluding hydrogens is 278 g/mol. The summed E-state index contributed by atoms with van der Waals surface area (Å²) in [6.07, 6.45) is 1.07. The molecule has 0 atom stereocenters. The lowest BCUT2D eigenvalue weighted by Gasteiger charge is -2.07. The number of para-hydroxylation sites is 1. The van der Waals surface area contributed by atoms with Gasteiger partial charge in [-0.25, -0.2) is 8.42 Å². The minimum atomic E-state index is -3.29. The number of benzene rings is 1. The van der Waals surface area contributed by atoms with Crippen molar-refractivity contribution >= 4 is 43.2 Å². The third kappa shape index (κ3) is 3.17. The van der Waals surface area contributed by atoms with Crippen LogP contribution in [0.25, 0.3) is 0 Å². The average molecular weight is 285 g/mol. The molecule has 0 aliphatic heterocycles. The van der Waals surface area contributed by atoms with Crippen LogP contribution in [0.1, 0.15) is 0 Å². The van der Waals surface area contributed by atoms with Gasteiger partial charge in [-0.15, -0.1) is 0 Å². The molecule has 0 radical (unpaired) electrons. The first-order chi connectivity index (χ1) is 5.90. The summed E-state index contributed by atoms with van der Waals surface area (Å²) in [4.78, 5) is 0. The Morgan fingerprint density at radius 1 is 1.46 bits per heavy atom. The molecule has 0 bridgehead atoms. The molecule has 0 unspecified atom stereocenters. The maximum Gasteiger partial charge on any atom is 0.229 e. The molecule has 0 heterocycles. The fraction of sp³-hybridized carbons (Fsp3) is 0.143. The molecule has 3 nitrogen and oxygen atoms in total. The zero-order valence-corrected chi connectivity index (χ0v) is 9.87. The van der Waals surface area contributed by atoms with E-state index < -0.39 is 10.0 Å². The molecule has 6 heteroatoms. The fourth-order valence-corrected chi connectivity index (χ4v) is 2.36. The Labute approximate surface area is 90.3 Å². The third-order valence-electron chi connectivity index (χ3n) is 1.25. The summed E-state index contributed by atoms with van der Waals surface area (Å²) in [7, 11) is -3.29. The zero-order valence-electron chi connectivity index (χ0n) is 6.71. The van der Waals surface area contributed by atoms with Crippen LogP contribution >= 0.6 is 27.5 Å². The number of hydrogen-bond donors (Lipinski definition) is 1. The van der Waals surface area contributed by atoms with E-state index in [0.29, 0.717) is 15.2 Å². The van der Waals surface area contributed by atoms with Crippen molar-refractivity contribution in [3.63, 3.8) is 0 Å². The summed E-state index contributed by atoms with van der Waals surface area (Å²) >= 11 is 8.97. The molecule has 1 aromatic rings. The molecule has 0 saturated carbocycles. The molecule has 0 saturated heterocycles. The van der Waals surface area contributed by atoms with Gasteiger partial charge in [-0.3, -0.25) is 4.72 Å². The summed E-state index contributed by atoms with van der Waals surface area (Å²) < 4.78 is 24.8. The monoisotopic (exact) mass is 283 g/mol. The second-order valence-electron chi connectivity index (χ2n) is 2.47. The van der Waals surface area contributed by atoms with E-state index in [1.54, 1.807) is 18.2 Å². The Morgan fingerprint density at radius 2 is 2.08 bits per heavy atom. The normalized spacial score (nSPS) is 11.3. The Morgan fingerprint density at radius 3 is 2.54 bits per heavy atom. The van der Waals surface area contributed by atoms with Gasteiger partial charge in [0.2, 0.25) is 10.0 Å². The van der Waals surface area contributed by atoms with E-state index in [9.17, 15) is 8.42 Å². The number of anilines is 1. The summed E-state index contributed by atoms with van der Waals surface area (Å²) in [5.74, 6) is 0. The molecule has 0 aliphatic carbocycles. The van der Waals surface area contributed by atoms with E-state index in [4.69, 9.17) is 11.6 Å². The number of sulfonamides is 1. The van der Waals surface area contributed by atoms with Crippen molar-refractivity contribution in [1.82, 2.24) is 0 Å². The van der Waals surface area contributed by atoms with Crippen molar-refractivity contribution in [3.8, 4) is 0 Å². The van der Waals surface area contributed by atoms with Crippen molar-refractivity contribution in [1.29, 1.82) is 0 Å². The van der Waals surface area contributed by atoms with Crippen LogP contribution in [0.3, 0.4) is 0 Å². The molecule has 1 N–H and O–H groups in total. The van der Waals surface area contributed by atoms with Crippen LogP contribution in [0.15, 0.2) is 22.7 Å². The first-order valence-electron chi connectivity index (χ1n) is 3.32. The van der Waals surface area contributed by atoms with Crippen molar-refractivity contribution in [2.45, 2.75) is 0 Å². The largest absolute Gasteiger partial charge is 0.281 e. The number of nitrogens with one attached hydrogen (secondary N) is 1. The third-order valence-corrected chi connectivity index (χ3v) is 2.80. The van der Waals surface area contributed by atoms with Gasteiger partial charge in [0.1, 0.15) is 0 Å². The van der Waals surface area contributed by atoms with Crippen molar-refractivity contribution < 1.29 is 8.42 Å². The molecule has 13 heavy (non-hydrogen) atoms. The van der Waals surface area contributed by atoms with Crippen LogP contribution < -0.4 is 4.72 Å². The topological polar surface area (TPSA) is 46.2 Å². The van der Waals surface area contributed by atoms with E-state index in [1.165, 1.54) is 0 Å². The minimum absolute atomic E-state index is 0.361. The van der Waals surface area contributed by atoms with Crippen LogP contribution in [-0.4, -0.2) is 14.7 Å². The SMILES string of the molecule is CS(=O)(=O)Nc1c(Cl)cccc1Br. The summed E-state index contributed by atoms with van der Waals surface area (Å²) in [6, 6.07) is 5.04. The maximum absolute atomic E-state index is 10.9. The Kier molecular flexibility index (Phi) is 3.21. The van der Waals surface area contributed by atoms with Gasteiger partial charge in [-0.05, 0) is 28.1 Å². The summed E-state index contributed by atoms with van der Waals surface area (Å²) in [5.41, 5.74) is 0.367. The fourth-order valence-electron chi connectivity index (χ4n) is 0.781. The molecule has 0 aromatic heterocycles. The quantitative estimate of drug-likeness (QED) is 0.907. The van der Waals surface area contributed by atoms with Crippen LogP contribution in [0.2, 0.25) is 5.02 Å². The molecule has 1 rings (SSSR count). The lowest BCUT2D eigenvalue weighted by Crippen LogP contribution is -2.10. The molecular formula is C7H7BrClNO2S. The zero-order chi connectivity index (χ0) is 10.1. The molecule has 0 spiro atoms. The summed E-state index contributed by atoms with van der Waals surface area (Å²) in [5, 5.41) is 0.361. The molecule has 0 aliphatic rings. The Balaban J connectivity index is 3.15. The van der Waals surface area contributed by atoms with E-state index in [0.717, 1.165) is 6.26 Å². The summed E-state index contributed by atoms with van der Waals surface area (Å²) in [6.45, 7) is 0. The average Bonchev–Trinajstić information content (AvgIpc) is 1.95. The smallest absolute Gasteiger partial charge is 0.229 e. The molecule has 0 amide bonds. The van der Waals surface area contributed by atoms with E-state index in [2.05, 4.69) is 20.7 Å². The van der Waals surface area contributed by atoms with Crippen molar-refractivity contribution in [2.24, 2.45) is 0 Å².